The fourth-order valence-electron chi connectivity index (χ4n) is 2.90. The highest BCUT2D eigenvalue weighted by molar-refractivity contribution is 6.05. The van der Waals surface area contributed by atoms with E-state index in [-0.39, 0.29) is 5.91 Å². The molecule has 0 saturated carbocycles. The minimum Gasteiger partial charge on any atom is -0.493 e. The summed E-state index contributed by atoms with van der Waals surface area (Å²) in [6.07, 6.45) is -0.396. The number of para-hydroxylation sites is 1. The Kier molecular flexibility index (Phi) is 8.30. The van der Waals surface area contributed by atoms with Gasteiger partial charge in [-0.3, -0.25) is 4.79 Å². The van der Waals surface area contributed by atoms with Gasteiger partial charge < -0.3 is 24.4 Å². The molecular weight excluding hydrogens is 396 g/mol. The fourth-order valence-corrected chi connectivity index (χ4v) is 2.90. The van der Waals surface area contributed by atoms with Gasteiger partial charge >= 0.3 is 6.09 Å². The van der Waals surface area contributed by atoms with Gasteiger partial charge in [0.05, 0.1) is 20.3 Å². The van der Waals surface area contributed by atoms with Crippen LogP contribution in [0, 0.1) is 0 Å². The highest BCUT2D eigenvalue weighted by Gasteiger charge is 2.22. The van der Waals surface area contributed by atoms with E-state index in [0.717, 1.165) is 5.56 Å². The molecule has 0 aromatic heterocycles. The lowest BCUT2D eigenvalue weighted by atomic mass is 10.1. The van der Waals surface area contributed by atoms with E-state index in [1.807, 2.05) is 58.9 Å². The fraction of sp³-hybridized carbons (Fsp3) is 0.417. The molecule has 0 fully saturated rings. The molecule has 31 heavy (non-hydrogen) atoms. The SMILES string of the molecule is CCOc1cc(C(=O)Nc2ccccc2CN(CC)C(=O)OC(C)(C)C)ccc1OC. The summed E-state index contributed by atoms with van der Waals surface area (Å²) in [6.45, 7) is 10.5. The first-order valence-corrected chi connectivity index (χ1v) is 10.4. The van der Waals surface area contributed by atoms with Crippen molar-refractivity contribution in [1.29, 1.82) is 0 Å². The molecule has 2 aromatic rings. The van der Waals surface area contributed by atoms with Gasteiger partial charge in [-0.05, 0) is 64.4 Å². The number of anilines is 1. The van der Waals surface area contributed by atoms with Crippen molar-refractivity contribution in [1.82, 2.24) is 4.90 Å². The summed E-state index contributed by atoms with van der Waals surface area (Å²) in [6, 6.07) is 12.4. The van der Waals surface area contributed by atoms with E-state index in [2.05, 4.69) is 5.32 Å². The van der Waals surface area contributed by atoms with Crippen molar-refractivity contribution >= 4 is 17.7 Å². The predicted octanol–water partition coefficient (Wildman–Crippen LogP) is 5.10. The Labute approximate surface area is 184 Å². The third-order valence-electron chi connectivity index (χ3n) is 4.39. The number of amides is 2. The lowest BCUT2D eigenvalue weighted by molar-refractivity contribution is 0.0245. The number of carbonyl (C=O) groups excluding carboxylic acids is 2. The summed E-state index contributed by atoms with van der Waals surface area (Å²) in [5, 5.41) is 2.94. The predicted molar refractivity (Wildman–Crippen MR) is 121 cm³/mol. The summed E-state index contributed by atoms with van der Waals surface area (Å²) in [4.78, 5) is 27.0. The third-order valence-corrected chi connectivity index (χ3v) is 4.39. The molecular formula is C24H32N2O5. The molecule has 0 atom stereocenters. The molecule has 2 aromatic carbocycles. The molecule has 0 unspecified atom stereocenters. The van der Waals surface area contributed by atoms with Crippen LogP contribution in [0.3, 0.4) is 0 Å². The maximum absolute atomic E-state index is 12.9. The highest BCUT2D eigenvalue weighted by atomic mass is 16.6. The van der Waals surface area contributed by atoms with E-state index in [0.29, 0.717) is 42.4 Å². The number of hydrogen-bond donors (Lipinski definition) is 1. The topological polar surface area (TPSA) is 77.1 Å². The van der Waals surface area contributed by atoms with Gasteiger partial charge in [0.2, 0.25) is 0 Å². The van der Waals surface area contributed by atoms with E-state index >= 15 is 0 Å². The van der Waals surface area contributed by atoms with Crippen molar-refractivity contribution in [3.05, 3.63) is 53.6 Å². The minimum absolute atomic E-state index is 0.281. The summed E-state index contributed by atoms with van der Waals surface area (Å²) in [5.41, 5.74) is 1.30. The van der Waals surface area contributed by atoms with Crippen LogP contribution in [-0.4, -0.2) is 42.8 Å². The molecule has 7 nitrogen and oxygen atoms in total. The Morgan fingerprint density at radius 3 is 2.35 bits per heavy atom. The van der Waals surface area contributed by atoms with Crippen molar-refractivity contribution in [3.63, 3.8) is 0 Å². The summed E-state index contributed by atoms with van der Waals surface area (Å²) < 4.78 is 16.3. The van der Waals surface area contributed by atoms with Crippen LogP contribution < -0.4 is 14.8 Å². The second-order valence-electron chi connectivity index (χ2n) is 7.90. The highest BCUT2D eigenvalue weighted by Crippen LogP contribution is 2.29. The number of nitrogens with one attached hydrogen (secondary N) is 1. The van der Waals surface area contributed by atoms with Crippen molar-refractivity contribution in [3.8, 4) is 11.5 Å². The van der Waals surface area contributed by atoms with Crippen LogP contribution >= 0.6 is 0 Å². The van der Waals surface area contributed by atoms with Gasteiger partial charge in [-0.15, -0.1) is 0 Å². The molecule has 1 N–H and O–H groups in total. The number of benzene rings is 2. The van der Waals surface area contributed by atoms with Gasteiger partial charge in [-0.1, -0.05) is 18.2 Å². The molecule has 0 heterocycles. The Morgan fingerprint density at radius 2 is 1.74 bits per heavy atom. The van der Waals surface area contributed by atoms with E-state index < -0.39 is 11.7 Å². The monoisotopic (exact) mass is 428 g/mol. The number of carbonyl (C=O) groups is 2. The molecule has 7 heteroatoms. The molecule has 168 valence electrons. The number of methoxy groups -OCH3 is 1. The van der Waals surface area contributed by atoms with Crippen molar-refractivity contribution in [2.24, 2.45) is 0 Å². The van der Waals surface area contributed by atoms with E-state index in [9.17, 15) is 9.59 Å². The first kappa shape index (κ1) is 24.1. The normalized spacial score (nSPS) is 10.9. The summed E-state index contributed by atoms with van der Waals surface area (Å²) >= 11 is 0. The first-order valence-electron chi connectivity index (χ1n) is 10.4. The molecule has 0 spiro atoms. The first-order chi connectivity index (χ1) is 14.7. The van der Waals surface area contributed by atoms with Gasteiger partial charge in [0, 0.05) is 17.8 Å². The van der Waals surface area contributed by atoms with Gasteiger partial charge in [-0.25, -0.2) is 4.79 Å². The number of hydrogen-bond acceptors (Lipinski definition) is 5. The number of nitrogens with zero attached hydrogens (tertiary/aromatic N) is 1. The van der Waals surface area contributed by atoms with E-state index in [1.165, 1.54) is 0 Å². The third kappa shape index (κ3) is 6.91. The van der Waals surface area contributed by atoms with Crippen LogP contribution in [-0.2, 0) is 11.3 Å². The Bertz CT molecular complexity index is 905. The summed E-state index contributed by atoms with van der Waals surface area (Å²) in [7, 11) is 1.55. The molecule has 0 aliphatic carbocycles. The molecule has 0 bridgehead atoms. The maximum atomic E-state index is 12.9. The second kappa shape index (κ2) is 10.7. The van der Waals surface area contributed by atoms with Crippen molar-refractivity contribution in [2.75, 3.05) is 25.6 Å². The number of ether oxygens (including phenoxy) is 3. The molecule has 0 radical (unpaired) electrons. The summed E-state index contributed by atoms with van der Waals surface area (Å²) in [5.74, 6) is 0.791. The molecule has 0 aliphatic rings. The van der Waals surface area contributed by atoms with Gasteiger partial charge in [0.15, 0.2) is 11.5 Å². The zero-order valence-corrected chi connectivity index (χ0v) is 19.2. The van der Waals surface area contributed by atoms with Crippen LogP contribution in [0.15, 0.2) is 42.5 Å². The quantitative estimate of drug-likeness (QED) is 0.633. The Morgan fingerprint density at radius 1 is 1.03 bits per heavy atom. The zero-order valence-electron chi connectivity index (χ0n) is 19.2. The lowest BCUT2D eigenvalue weighted by Crippen LogP contribution is -2.36. The zero-order chi connectivity index (χ0) is 23.0. The largest absolute Gasteiger partial charge is 0.493 e. The van der Waals surface area contributed by atoms with E-state index in [4.69, 9.17) is 14.2 Å². The number of rotatable bonds is 8. The Balaban J connectivity index is 2.21. The Hall–Kier alpha value is -3.22. The van der Waals surface area contributed by atoms with Crippen LogP contribution in [0.5, 0.6) is 11.5 Å². The molecule has 0 saturated heterocycles. The average molecular weight is 429 g/mol. The molecule has 2 rings (SSSR count). The minimum atomic E-state index is -0.579. The van der Waals surface area contributed by atoms with Crippen LogP contribution in [0.2, 0.25) is 0 Å². The molecule has 2 amide bonds. The van der Waals surface area contributed by atoms with Gasteiger partial charge in [-0.2, -0.15) is 0 Å². The van der Waals surface area contributed by atoms with Gasteiger partial charge in [0.1, 0.15) is 5.60 Å². The van der Waals surface area contributed by atoms with Crippen LogP contribution in [0.4, 0.5) is 10.5 Å². The molecule has 0 aliphatic heterocycles. The van der Waals surface area contributed by atoms with Crippen molar-refractivity contribution < 1.29 is 23.8 Å². The van der Waals surface area contributed by atoms with Gasteiger partial charge in [0.25, 0.3) is 5.91 Å². The average Bonchev–Trinajstić information content (AvgIpc) is 2.71. The lowest BCUT2D eigenvalue weighted by Gasteiger charge is -2.27. The maximum Gasteiger partial charge on any atom is 0.410 e. The van der Waals surface area contributed by atoms with Crippen LogP contribution in [0.1, 0.15) is 50.5 Å². The van der Waals surface area contributed by atoms with Crippen molar-refractivity contribution in [2.45, 2.75) is 46.8 Å². The standard InChI is InChI=1S/C24H32N2O5/c1-7-26(23(28)31-24(3,4)5)16-18-11-9-10-12-19(18)25-22(27)17-13-14-20(29-6)21(15-17)30-8-2/h9-15H,7-8,16H2,1-6H3,(H,25,27). The van der Waals surface area contributed by atoms with E-state index in [1.54, 1.807) is 30.2 Å². The second-order valence-corrected chi connectivity index (χ2v) is 7.90. The van der Waals surface area contributed by atoms with Crippen LogP contribution in [0.25, 0.3) is 0 Å². The smallest absolute Gasteiger partial charge is 0.410 e.